The number of thiophene rings is 1. The second-order valence-electron chi connectivity index (χ2n) is 6.11. The molecular formula is C18H19N3O2S. The summed E-state index contributed by atoms with van der Waals surface area (Å²) in [6, 6.07) is 12.3. The second kappa shape index (κ2) is 6.37. The molecule has 0 saturated carbocycles. The first kappa shape index (κ1) is 15.4. The maximum atomic E-state index is 12.6. The monoisotopic (exact) mass is 341 g/mol. The molecule has 124 valence electrons. The fraction of sp³-hybridized carbons (Fsp3) is 0.333. The Bertz CT molecular complexity index is 759. The van der Waals surface area contributed by atoms with E-state index in [-0.39, 0.29) is 24.5 Å². The minimum Gasteiger partial charge on any atom is -0.336 e. The summed E-state index contributed by atoms with van der Waals surface area (Å²) in [6.45, 7) is 2.10. The van der Waals surface area contributed by atoms with Crippen LogP contribution in [0, 0.1) is 0 Å². The van der Waals surface area contributed by atoms with Crippen molar-refractivity contribution in [3.63, 3.8) is 0 Å². The van der Waals surface area contributed by atoms with Crippen LogP contribution < -0.4 is 5.32 Å². The zero-order chi connectivity index (χ0) is 16.5. The quantitative estimate of drug-likeness (QED) is 0.932. The predicted octanol–water partition coefficient (Wildman–Crippen LogP) is 2.25. The number of benzene rings is 1. The molecule has 0 aliphatic carbocycles. The van der Waals surface area contributed by atoms with Gasteiger partial charge in [-0.1, -0.05) is 30.3 Å². The van der Waals surface area contributed by atoms with Crippen LogP contribution >= 0.6 is 11.3 Å². The Kier molecular flexibility index (Phi) is 4.08. The molecule has 1 unspecified atom stereocenters. The molecule has 3 heterocycles. The van der Waals surface area contributed by atoms with E-state index in [0.29, 0.717) is 13.1 Å². The number of amides is 3. The third kappa shape index (κ3) is 2.72. The smallest absolute Gasteiger partial charge is 0.324 e. The van der Waals surface area contributed by atoms with Crippen molar-refractivity contribution in [1.29, 1.82) is 0 Å². The Balaban J connectivity index is 1.62. The van der Waals surface area contributed by atoms with Crippen molar-refractivity contribution in [2.24, 2.45) is 0 Å². The molecule has 4 rings (SSSR count). The number of nitrogens with one attached hydrogen (secondary N) is 1. The second-order valence-corrected chi connectivity index (χ2v) is 7.11. The molecule has 1 aromatic carbocycles. The largest absolute Gasteiger partial charge is 0.336 e. The molecule has 1 N–H and O–H groups in total. The van der Waals surface area contributed by atoms with E-state index in [9.17, 15) is 9.59 Å². The molecule has 1 aromatic heterocycles. The summed E-state index contributed by atoms with van der Waals surface area (Å²) in [7, 11) is 0. The Morgan fingerprint density at radius 1 is 1.21 bits per heavy atom. The number of carbonyl (C=O) groups is 2. The van der Waals surface area contributed by atoms with Crippen LogP contribution in [-0.4, -0.2) is 47.9 Å². The van der Waals surface area contributed by atoms with Crippen LogP contribution in [0.15, 0.2) is 41.8 Å². The zero-order valence-corrected chi connectivity index (χ0v) is 14.1. The lowest BCUT2D eigenvalue weighted by Gasteiger charge is -2.36. The summed E-state index contributed by atoms with van der Waals surface area (Å²) < 4.78 is 0. The van der Waals surface area contributed by atoms with Crippen LogP contribution in [0.1, 0.15) is 22.0 Å². The van der Waals surface area contributed by atoms with E-state index in [1.807, 2.05) is 18.2 Å². The van der Waals surface area contributed by atoms with Gasteiger partial charge in [-0.3, -0.25) is 14.6 Å². The van der Waals surface area contributed by atoms with Gasteiger partial charge in [0.05, 0.1) is 12.6 Å². The van der Waals surface area contributed by atoms with Gasteiger partial charge in [0.1, 0.15) is 0 Å². The molecule has 3 amide bonds. The topological polar surface area (TPSA) is 52.7 Å². The van der Waals surface area contributed by atoms with Gasteiger partial charge in [-0.25, -0.2) is 4.79 Å². The van der Waals surface area contributed by atoms with Gasteiger partial charge in [0.15, 0.2) is 0 Å². The highest BCUT2D eigenvalue weighted by Crippen LogP contribution is 2.37. The average molecular weight is 341 g/mol. The van der Waals surface area contributed by atoms with Crippen LogP contribution in [0.4, 0.5) is 4.79 Å². The number of hydrogen-bond donors (Lipinski definition) is 1. The van der Waals surface area contributed by atoms with Gasteiger partial charge < -0.3 is 5.32 Å². The average Bonchev–Trinajstić information content (AvgIpc) is 3.24. The standard InChI is InChI=1S/C18H19N3O2S/c22-16(21-10-8-19-18(21)23)12-20-9-6-15-14(7-11-24-15)17(20)13-4-2-1-3-5-13/h1-5,7,11,17H,6,8-10,12H2,(H,19,23). The number of hydrogen-bond acceptors (Lipinski definition) is 4. The van der Waals surface area contributed by atoms with Gasteiger partial charge in [0.2, 0.25) is 5.91 Å². The molecule has 2 aromatic rings. The van der Waals surface area contributed by atoms with Crippen LogP contribution in [-0.2, 0) is 11.2 Å². The summed E-state index contributed by atoms with van der Waals surface area (Å²) in [4.78, 5) is 29.2. The van der Waals surface area contributed by atoms with E-state index in [2.05, 4.69) is 33.8 Å². The molecule has 0 radical (unpaired) electrons. The Morgan fingerprint density at radius 3 is 2.79 bits per heavy atom. The molecule has 2 aliphatic heterocycles. The number of urea groups is 1. The third-order valence-electron chi connectivity index (χ3n) is 4.68. The lowest BCUT2D eigenvalue weighted by molar-refractivity contribution is -0.129. The molecule has 24 heavy (non-hydrogen) atoms. The van der Waals surface area contributed by atoms with Gasteiger partial charge in [0, 0.05) is 24.5 Å². The summed E-state index contributed by atoms with van der Waals surface area (Å²) in [5.41, 5.74) is 2.48. The van der Waals surface area contributed by atoms with E-state index in [1.54, 1.807) is 11.3 Å². The Hall–Kier alpha value is -2.18. The lowest BCUT2D eigenvalue weighted by atomic mass is 9.93. The van der Waals surface area contributed by atoms with E-state index >= 15 is 0 Å². The summed E-state index contributed by atoms with van der Waals surface area (Å²) in [5, 5.41) is 4.82. The van der Waals surface area contributed by atoms with Crippen molar-refractivity contribution >= 4 is 23.3 Å². The van der Waals surface area contributed by atoms with Crippen LogP contribution in [0.5, 0.6) is 0 Å². The van der Waals surface area contributed by atoms with Crippen molar-refractivity contribution in [3.8, 4) is 0 Å². The van der Waals surface area contributed by atoms with E-state index < -0.39 is 0 Å². The van der Waals surface area contributed by atoms with Crippen molar-refractivity contribution < 1.29 is 9.59 Å². The van der Waals surface area contributed by atoms with Gasteiger partial charge >= 0.3 is 6.03 Å². The Morgan fingerprint density at radius 2 is 2.04 bits per heavy atom. The minimum absolute atomic E-state index is 0.0795. The van der Waals surface area contributed by atoms with Gasteiger partial charge in [0.25, 0.3) is 0 Å². The third-order valence-corrected chi connectivity index (χ3v) is 5.67. The lowest BCUT2D eigenvalue weighted by Crippen LogP contribution is -2.45. The van der Waals surface area contributed by atoms with E-state index in [4.69, 9.17) is 0 Å². The Labute approximate surface area is 144 Å². The van der Waals surface area contributed by atoms with Crippen molar-refractivity contribution in [2.75, 3.05) is 26.2 Å². The molecule has 1 saturated heterocycles. The number of fused-ring (bicyclic) bond motifs is 1. The fourth-order valence-corrected chi connectivity index (χ4v) is 4.44. The molecule has 0 spiro atoms. The first-order valence-corrected chi connectivity index (χ1v) is 9.05. The van der Waals surface area contributed by atoms with E-state index in [1.165, 1.54) is 20.9 Å². The summed E-state index contributed by atoms with van der Waals surface area (Å²) in [5.74, 6) is -0.121. The van der Waals surface area contributed by atoms with Gasteiger partial charge in [-0.15, -0.1) is 11.3 Å². The zero-order valence-electron chi connectivity index (χ0n) is 13.3. The highest BCUT2D eigenvalue weighted by molar-refractivity contribution is 7.10. The van der Waals surface area contributed by atoms with Gasteiger partial charge in [-0.05, 0) is 29.0 Å². The van der Waals surface area contributed by atoms with Crippen molar-refractivity contribution in [1.82, 2.24) is 15.1 Å². The number of nitrogens with zero attached hydrogens (tertiary/aromatic N) is 2. The first-order chi connectivity index (χ1) is 11.7. The summed E-state index contributed by atoms with van der Waals surface area (Å²) >= 11 is 1.78. The molecule has 0 bridgehead atoms. The van der Waals surface area contributed by atoms with Crippen LogP contribution in [0.3, 0.4) is 0 Å². The minimum atomic E-state index is -0.274. The number of rotatable bonds is 3. The number of carbonyl (C=O) groups excluding carboxylic acids is 2. The molecule has 1 fully saturated rings. The SMILES string of the molecule is O=C(CN1CCc2sccc2C1c1ccccc1)N1CCNC1=O. The molecule has 6 heteroatoms. The van der Waals surface area contributed by atoms with Gasteiger partial charge in [-0.2, -0.15) is 0 Å². The molecular weight excluding hydrogens is 322 g/mol. The normalized spacial score (nSPS) is 20.8. The fourth-order valence-electron chi connectivity index (χ4n) is 3.53. The van der Waals surface area contributed by atoms with Crippen molar-refractivity contribution in [3.05, 3.63) is 57.8 Å². The maximum Gasteiger partial charge on any atom is 0.324 e. The highest BCUT2D eigenvalue weighted by Gasteiger charge is 2.33. The van der Waals surface area contributed by atoms with Crippen LogP contribution in [0.2, 0.25) is 0 Å². The first-order valence-electron chi connectivity index (χ1n) is 8.17. The van der Waals surface area contributed by atoms with E-state index in [0.717, 1.165) is 13.0 Å². The van der Waals surface area contributed by atoms with Crippen molar-refractivity contribution in [2.45, 2.75) is 12.5 Å². The summed E-state index contributed by atoms with van der Waals surface area (Å²) in [6.07, 6.45) is 0.954. The molecule has 5 nitrogen and oxygen atoms in total. The number of imide groups is 1. The highest BCUT2D eigenvalue weighted by atomic mass is 32.1. The molecule has 1 atom stereocenters. The maximum absolute atomic E-state index is 12.6. The predicted molar refractivity (Wildman–Crippen MR) is 93.0 cm³/mol. The van der Waals surface area contributed by atoms with Crippen LogP contribution in [0.25, 0.3) is 0 Å². The molecule has 2 aliphatic rings.